The van der Waals surface area contributed by atoms with Crippen molar-refractivity contribution in [3.63, 3.8) is 0 Å². The Bertz CT molecular complexity index is 980. The summed E-state index contributed by atoms with van der Waals surface area (Å²) in [5.74, 6) is 1.91. The quantitative estimate of drug-likeness (QED) is 0.517. The van der Waals surface area contributed by atoms with Crippen LogP contribution in [0.2, 0.25) is 0 Å². The lowest BCUT2D eigenvalue weighted by Crippen LogP contribution is -2.10. The summed E-state index contributed by atoms with van der Waals surface area (Å²) >= 11 is 0. The number of rotatable bonds is 5. The van der Waals surface area contributed by atoms with Crippen LogP contribution in [0.25, 0.3) is 22.1 Å². The van der Waals surface area contributed by atoms with Gasteiger partial charge in [0.1, 0.15) is 35.9 Å². The van der Waals surface area contributed by atoms with Gasteiger partial charge in [-0.15, -0.1) is 0 Å². The Balaban J connectivity index is 1.55. The molecule has 2 aromatic heterocycles. The summed E-state index contributed by atoms with van der Waals surface area (Å²) in [6, 6.07) is 17.4. The third-order valence-corrected chi connectivity index (χ3v) is 3.63. The molecule has 0 fully saturated rings. The monoisotopic (exact) mass is 320 g/mol. The predicted octanol–water partition coefficient (Wildman–Crippen LogP) is 4.14. The highest BCUT2D eigenvalue weighted by Gasteiger charge is 2.15. The van der Waals surface area contributed by atoms with Crippen LogP contribution in [0.4, 0.5) is 0 Å². The van der Waals surface area contributed by atoms with Crippen LogP contribution in [0.3, 0.4) is 0 Å². The van der Waals surface area contributed by atoms with Gasteiger partial charge in [0, 0.05) is 5.39 Å². The first-order valence-corrected chi connectivity index (χ1v) is 7.78. The van der Waals surface area contributed by atoms with Crippen molar-refractivity contribution < 1.29 is 13.9 Å². The van der Waals surface area contributed by atoms with Crippen molar-refractivity contribution in [2.45, 2.75) is 6.92 Å². The number of hydrogen-bond acceptors (Lipinski definition) is 5. The van der Waals surface area contributed by atoms with Crippen LogP contribution in [-0.4, -0.2) is 23.2 Å². The minimum absolute atomic E-state index is 0.373. The molecule has 4 rings (SSSR count). The molecule has 4 aromatic rings. The second-order valence-corrected chi connectivity index (χ2v) is 5.36. The highest BCUT2D eigenvalue weighted by Crippen LogP contribution is 2.32. The third kappa shape index (κ3) is 2.76. The number of nitrogens with zero attached hydrogens (tertiary/aromatic N) is 2. The second-order valence-electron chi connectivity index (χ2n) is 5.36. The lowest BCUT2D eigenvalue weighted by atomic mass is 10.2. The van der Waals surface area contributed by atoms with Crippen molar-refractivity contribution >= 4 is 22.1 Å². The molecule has 2 heterocycles. The topological polar surface area (TPSA) is 57.4 Å². The summed E-state index contributed by atoms with van der Waals surface area (Å²) in [5.41, 5.74) is 2.12. The summed E-state index contributed by atoms with van der Waals surface area (Å²) in [6.07, 6.45) is 0. The molecule has 0 radical (unpaired) electrons. The Morgan fingerprint density at radius 3 is 2.50 bits per heavy atom. The molecule has 0 spiro atoms. The van der Waals surface area contributed by atoms with Crippen molar-refractivity contribution in [3.05, 3.63) is 60.4 Å². The number of aromatic nitrogens is 2. The molecule has 0 saturated heterocycles. The van der Waals surface area contributed by atoms with E-state index in [0.29, 0.717) is 30.5 Å². The van der Waals surface area contributed by atoms with E-state index in [1.54, 1.807) is 0 Å². The van der Waals surface area contributed by atoms with Crippen LogP contribution >= 0.6 is 0 Å². The van der Waals surface area contributed by atoms with Gasteiger partial charge in [-0.05, 0) is 31.2 Å². The molecule has 0 atom stereocenters. The summed E-state index contributed by atoms with van der Waals surface area (Å²) < 4.78 is 17.3. The number of benzene rings is 2. The zero-order valence-corrected chi connectivity index (χ0v) is 13.2. The van der Waals surface area contributed by atoms with Crippen LogP contribution in [0.1, 0.15) is 5.82 Å². The number of hydrogen-bond donors (Lipinski definition) is 0. The van der Waals surface area contributed by atoms with Gasteiger partial charge in [0.25, 0.3) is 5.88 Å². The molecular weight excluding hydrogens is 304 g/mol. The number of aryl methyl sites for hydroxylation is 1. The van der Waals surface area contributed by atoms with E-state index in [0.717, 1.165) is 22.2 Å². The van der Waals surface area contributed by atoms with E-state index in [4.69, 9.17) is 13.9 Å². The second kappa shape index (κ2) is 6.20. The average molecular weight is 320 g/mol. The van der Waals surface area contributed by atoms with E-state index in [1.165, 1.54) is 0 Å². The lowest BCUT2D eigenvalue weighted by molar-refractivity contribution is 0.212. The molecule has 0 amide bonds. The Labute approximate surface area is 138 Å². The molecule has 24 heavy (non-hydrogen) atoms. The van der Waals surface area contributed by atoms with E-state index in [-0.39, 0.29) is 0 Å². The maximum atomic E-state index is 5.86. The molecule has 0 aliphatic heterocycles. The zero-order chi connectivity index (χ0) is 16.4. The summed E-state index contributed by atoms with van der Waals surface area (Å²) in [6.45, 7) is 2.64. The molecule has 120 valence electrons. The highest BCUT2D eigenvalue weighted by molar-refractivity contribution is 6.03. The fourth-order valence-electron chi connectivity index (χ4n) is 2.58. The highest BCUT2D eigenvalue weighted by atomic mass is 16.5. The standard InChI is InChI=1S/C19H16N2O3/c1-13-20-17-15-9-5-6-10-16(15)24-18(17)19(21-13)23-12-11-22-14-7-3-2-4-8-14/h2-10H,11-12H2,1H3. The third-order valence-electron chi connectivity index (χ3n) is 3.63. The van der Waals surface area contributed by atoms with Crippen LogP contribution < -0.4 is 9.47 Å². The van der Waals surface area contributed by atoms with Gasteiger partial charge in [0.05, 0.1) is 0 Å². The van der Waals surface area contributed by atoms with E-state index in [9.17, 15) is 0 Å². The van der Waals surface area contributed by atoms with Gasteiger partial charge in [0.2, 0.25) is 5.58 Å². The van der Waals surface area contributed by atoms with E-state index in [1.807, 2.05) is 61.5 Å². The summed E-state index contributed by atoms with van der Waals surface area (Å²) in [5, 5.41) is 0.961. The van der Waals surface area contributed by atoms with Crippen LogP contribution in [-0.2, 0) is 0 Å². The normalized spacial score (nSPS) is 11.0. The number of furan rings is 1. The van der Waals surface area contributed by atoms with E-state index < -0.39 is 0 Å². The van der Waals surface area contributed by atoms with Gasteiger partial charge >= 0.3 is 0 Å². The van der Waals surface area contributed by atoms with Gasteiger partial charge < -0.3 is 13.9 Å². The predicted molar refractivity (Wildman–Crippen MR) is 91.5 cm³/mol. The molecule has 0 aliphatic carbocycles. The molecule has 0 aliphatic rings. The molecule has 5 heteroatoms. The minimum Gasteiger partial charge on any atom is -0.490 e. The molecule has 0 N–H and O–H groups in total. The fourth-order valence-corrected chi connectivity index (χ4v) is 2.58. The summed E-state index contributed by atoms with van der Waals surface area (Å²) in [7, 11) is 0. The van der Waals surface area contributed by atoms with Crippen molar-refractivity contribution in [1.29, 1.82) is 0 Å². The van der Waals surface area contributed by atoms with Crippen molar-refractivity contribution in [2.75, 3.05) is 13.2 Å². The van der Waals surface area contributed by atoms with Crippen molar-refractivity contribution in [3.8, 4) is 11.6 Å². The molecule has 0 bridgehead atoms. The maximum absolute atomic E-state index is 5.86. The Morgan fingerprint density at radius 1 is 0.875 bits per heavy atom. The molecular formula is C19H16N2O3. The van der Waals surface area contributed by atoms with E-state index in [2.05, 4.69) is 9.97 Å². The molecule has 2 aromatic carbocycles. The first-order chi connectivity index (χ1) is 11.8. The largest absolute Gasteiger partial charge is 0.490 e. The molecule has 0 saturated carbocycles. The Kier molecular flexibility index (Phi) is 3.75. The fraction of sp³-hybridized carbons (Fsp3) is 0.158. The summed E-state index contributed by atoms with van der Waals surface area (Å²) in [4.78, 5) is 8.84. The van der Waals surface area contributed by atoms with Gasteiger partial charge in [-0.25, -0.2) is 4.98 Å². The van der Waals surface area contributed by atoms with Gasteiger partial charge in [0.15, 0.2) is 0 Å². The maximum Gasteiger partial charge on any atom is 0.261 e. The van der Waals surface area contributed by atoms with Crippen LogP contribution in [0.15, 0.2) is 59.0 Å². The van der Waals surface area contributed by atoms with Gasteiger partial charge in [-0.3, -0.25) is 0 Å². The Hall–Kier alpha value is -3.08. The van der Waals surface area contributed by atoms with E-state index >= 15 is 0 Å². The molecule has 0 unspecified atom stereocenters. The number of ether oxygens (including phenoxy) is 2. The van der Waals surface area contributed by atoms with Gasteiger partial charge in [-0.2, -0.15) is 4.98 Å². The average Bonchev–Trinajstić information content (AvgIpc) is 2.98. The SMILES string of the molecule is Cc1nc(OCCOc2ccccc2)c2oc3ccccc3c2n1. The van der Waals surface area contributed by atoms with Crippen LogP contribution in [0.5, 0.6) is 11.6 Å². The Morgan fingerprint density at radius 2 is 1.62 bits per heavy atom. The first-order valence-electron chi connectivity index (χ1n) is 7.78. The van der Waals surface area contributed by atoms with Crippen molar-refractivity contribution in [1.82, 2.24) is 9.97 Å². The number of para-hydroxylation sites is 2. The molecule has 5 nitrogen and oxygen atoms in total. The smallest absolute Gasteiger partial charge is 0.261 e. The van der Waals surface area contributed by atoms with Crippen LogP contribution in [0, 0.1) is 6.92 Å². The zero-order valence-electron chi connectivity index (χ0n) is 13.2. The number of fused-ring (bicyclic) bond motifs is 3. The van der Waals surface area contributed by atoms with Gasteiger partial charge in [-0.1, -0.05) is 30.3 Å². The minimum atomic E-state index is 0.373. The lowest BCUT2D eigenvalue weighted by Gasteiger charge is -2.08. The van der Waals surface area contributed by atoms with Crippen molar-refractivity contribution in [2.24, 2.45) is 0 Å². The first kappa shape index (κ1) is 14.5.